The number of carbonyl (C=O) groups excluding carboxylic acids is 2. The highest BCUT2D eigenvalue weighted by atomic mass is 35.5. The average molecular weight is 661 g/mol. The summed E-state index contributed by atoms with van der Waals surface area (Å²) in [5.41, 5.74) is 3.34. The maximum Gasteiger partial charge on any atom is 0.416 e. The lowest BCUT2D eigenvalue weighted by Crippen LogP contribution is -2.41. The van der Waals surface area contributed by atoms with Gasteiger partial charge < -0.3 is 14.4 Å². The molecule has 0 saturated carbocycles. The maximum absolute atomic E-state index is 13.4. The molecule has 46 heavy (non-hydrogen) atoms. The molecule has 4 heterocycles. The Hall–Kier alpha value is -3.70. The van der Waals surface area contributed by atoms with E-state index in [1.54, 1.807) is 30.2 Å². The monoisotopic (exact) mass is 660 g/mol. The minimum absolute atomic E-state index is 0.264. The van der Waals surface area contributed by atoms with E-state index in [1.807, 2.05) is 33.0 Å². The first kappa shape index (κ1) is 35.2. The summed E-state index contributed by atoms with van der Waals surface area (Å²) >= 11 is 5.55. The number of hydrogen-bond donors (Lipinski definition) is 0. The second-order valence-corrected chi connectivity index (χ2v) is 12.2. The molecule has 1 aromatic carbocycles. The largest absolute Gasteiger partial charge is 0.439 e. The van der Waals surface area contributed by atoms with Gasteiger partial charge in [0, 0.05) is 43.8 Å². The minimum atomic E-state index is -4.47. The molecule has 12 heteroatoms. The molecule has 2 atom stereocenters. The van der Waals surface area contributed by atoms with Crippen molar-refractivity contribution in [2.24, 2.45) is 0 Å². The standard InChI is InChI=1S/C27H34F3N3O3.C7H6ClNO/c1-5-8-32(23-6-9-35-10-7-23)25-21(12-18(3)15-31-25)16-33-19(4)24(36-26(33)34)20-11-17(2)13-22(14-20)27(28,29)30;1-5-2-6(4-10)7(8)9-3-5/h11-15,19,23-24H,5-10,16H2,1-4H3;2-4H,1H3/t19-,24-;/m0./s1. The number of cyclic esters (lactones) is 1. The Kier molecular flexibility index (Phi) is 11.7. The molecule has 0 N–H and O–H groups in total. The van der Waals surface area contributed by atoms with Gasteiger partial charge in [0.15, 0.2) is 6.29 Å². The van der Waals surface area contributed by atoms with Crippen LogP contribution in [0.4, 0.5) is 23.8 Å². The molecule has 5 rings (SSSR count). The van der Waals surface area contributed by atoms with E-state index in [1.165, 1.54) is 0 Å². The second kappa shape index (κ2) is 15.3. The fraction of sp³-hybridized carbons (Fsp3) is 0.471. The average Bonchev–Trinajstić information content (AvgIpc) is 3.30. The van der Waals surface area contributed by atoms with Crippen molar-refractivity contribution in [1.82, 2.24) is 14.9 Å². The Balaban J connectivity index is 0.000000409. The summed E-state index contributed by atoms with van der Waals surface area (Å²) in [6, 6.07) is 7.42. The van der Waals surface area contributed by atoms with Crippen LogP contribution in [0.15, 0.2) is 42.7 Å². The van der Waals surface area contributed by atoms with Crippen molar-refractivity contribution in [3.05, 3.63) is 86.8 Å². The highest BCUT2D eigenvalue weighted by Crippen LogP contribution is 2.38. The number of aryl methyl sites for hydroxylation is 3. The van der Waals surface area contributed by atoms with E-state index in [0.29, 0.717) is 42.2 Å². The van der Waals surface area contributed by atoms with Crippen LogP contribution in [0, 0.1) is 20.8 Å². The molecule has 8 nitrogen and oxygen atoms in total. The molecule has 0 bridgehead atoms. The molecule has 0 radical (unpaired) electrons. The van der Waals surface area contributed by atoms with Crippen LogP contribution in [-0.4, -0.2) is 59.1 Å². The van der Waals surface area contributed by atoms with Crippen LogP contribution in [0.25, 0.3) is 0 Å². The van der Waals surface area contributed by atoms with E-state index in [-0.39, 0.29) is 11.7 Å². The Morgan fingerprint density at radius 1 is 1.02 bits per heavy atom. The molecule has 2 aromatic heterocycles. The second-order valence-electron chi connectivity index (χ2n) is 11.8. The molecule has 2 aliphatic rings. The lowest BCUT2D eigenvalue weighted by molar-refractivity contribution is -0.137. The summed E-state index contributed by atoms with van der Waals surface area (Å²) in [4.78, 5) is 35.7. The van der Waals surface area contributed by atoms with Gasteiger partial charge in [-0.05, 0) is 87.9 Å². The number of aromatic nitrogens is 2. The van der Waals surface area contributed by atoms with Crippen molar-refractivity contribution >= 4 is 29.8 Å². The molecule has 0 aliphatic carbocycles. The maximum atomic E-state index is 13.4. The smallest absolute Gasteiger partial charge is 0.416 e. The van der Waals surface area contributed by atoms with Gasteiger partial charge in [-0.3, -0.25) is 9.69 Å². The number of halogens is 4. The summed E-state index contributed by atoms with van der Waals surface area (Å²) in [6.07, 6.45) is 1.12. The zero-order valence-corrected chi connectivity index (χ0v) is 27.5. The number of amides is 1. The summed E-state index contributed by atoms with van der Waals surface area (Å²) in [7, 11) is 0. The van der Waals surface area contributed by atoms with Crippen molar-refractivity contribution in [2.45, 2.75) is 84.8 Å². The topological polar surface area (TPSA) is 84.9 Å². The van der Waals surface area contributed by atoms with Crippen molar-refractivity contribution in [2.75, 3.05) is 24.7 Å². The molecule has 2 aliphatic heterocycles. The molecule has 2 fully saturated rings. The van der Waals surface area contributed by atoms with Crippen LogP contribution in [-0.2, 0) is 22.2 Å². The SMILES string of the molecule is CCCN(c1ncc(C)cc1CN1C(=O)O[C@H](c2cc(C)cc(C(F)(F)F)c2)[C@@H]1C)C1CCOCC1.Cc1cnc(Cl)c(C=O)c1. The van der Waals surface area contributed by atoms with Crippen LogP contribution in [0.5, 0.6) is 0 Å². The first-order valence-corrected chi connectivity index (χ1v) is 15.7. The van der Waals surface area contributed by atoms with Gasteiger partial charge in [0.2, 0.25) is 0 Å². The Labute approximate surface area is 272 Å². The fourth-order valence-corrected chi connectivity index (χ4v) is 5.99. The highest BCUT2D eigenvalue weighted by Gasteiger charge is 2.41. The van der Waals surface area contributed by atoms with Gasteiger partial charge >= 0.3 is 12.3 Å². The van der Waals surface area contributed by atoms with Crippen LogP contribution in [0.1, 0.15) is 83.0 Å². The molecule has 0 unspecified atom stereocenters. The van der Waals surface area contributed by atoms with E-state index in [4.69, 9.17) is 26.1 Å². The lowest BCUT2D eigenvalue weighted by atomic mass is 9.98. The van der Waals surface area contributed by atoms with Gasteiger partial charge in [0.1, 0.15) is 17.1 Å². The number of ether oxygens (including phenoxy) is 2. The van der Waals surface area contributed by atoms with Crippen molar-refractivity contribution in [3.63, 3.8) is 0 Å². The third kappa shape index (κ3) is 8.55. The van der Waals surface area contributed by atoms with Crippen LogP contribution in [0.2, 0.25) is 5.15 Å². The number of pyridine rings is 2. The van der Waals surface area contributed by atoms with E-state index in [0.717, 1.165) is 60.4 Å². The molecule has 1 amide bonds. The number of hydrogen-bond acceptors (Lipinski definition) is 7. The summed E-state index contributed by atoms with van der Waals surface area (Å²) in [5.74, 6) is 0.840. The quantitative estimate of drug-likeness (QED) is 0.179. The van der Waals surface area contributed by atoms with Crippen molar-refractivity contribution < 1.29 is 32.2 Å². The fourth-order valence-electron chi connectivity index (χ4n) is 5.84. The van der Waals surface area contributed by atoms with Gasteiger partial charge in [-0.2, -0.15) is 13.2 Å². The van der Waals surface area contributed by atoms with Crippen LogP contribution in [0.3, 0.4) is 0 Å². The predicted molar refractivity (Wildman–Crippen MR) is 170 cm³/mol. The van der Waals surface area contributed by atoms with Gasteiger partial charge in [0.25, 0.3) is 0 Å². The number of alkyl halides is 3. The van der Waals surface area contributed by atoms with Crippen LogP contribution < -0.4 is 4.90 Å². The number of anilines is 1. The van der Waals surface area contributed by atoms with E-state index < -0.39 is 30.0 Å². The Morgan fingerprint density at radius 2 is 1.70 bits per heavy atom. The molecular formula is C34H40ClF3N4O4. The predicted octanol–water partition coefficient (Wildman–Crippen LogP) is 8.05. The van der Waals surface area contributed by atoms with E-state index >= 15 is 0 Å². The lowest BCUT2D eigenvalue weighted by Gasteiger charge is -2.36. The van der Waals surface area contributed by atoms with Crippen molar-refractivity contribution in [3.8, 4) is 0 Å². The van der Waals surface area contributed by atoms with Gasteiger partial charge in [0.05, 0.1) is 23.7 Å². The number of rotatable bonds is 8. The number of carbonyl (C=O) groups is 2. The third-order valence-electron chi connectivity index (χ3n) is 8.07. The Morgan fingerprint density at radius 3 is 2.33 bits per heavy atom. The third-order valence-corrected chi connectivity index (χ3v) is 8.38. The summed E-state index contributed by atoms with van der Waals surface area (Å²) in [6.45, 7) is 11.9. The molecular weight excluding hydrogens is 621 g/mol. The summed E-state index contributed by atoms with van der Waals surface area (Å²) in [5, 5.41) is 0.264. The first-order chi connectivity index (χ1) is 21.8. The zero-order chi connectivity index (χ0) is 33.6. The van der Waals surface area contributed by atoms with E-state index in [9.17, 15) is 22.8 Å². The summed E-state index contributed by atoms with van der Waals surface area (Å²) < 4.78 is 51.4. The minimum Gasteiger partial charge on any atom is -0.439 e. The molecule has 3 aromatic rings. The molecule has 0 spiro atoms. The number of nitrogens with zero attached hydrogens (tertiary/aromatic N) is 4. The number of aldehydes is 1. The zero-order valence-electron chi connectivity index (χ0n) is 26.7. The van der Waals surface area contributed by atoms with Gasteiger partial charge in [-0.25, -0.2) is 14.8 Å². The van der Waals surface area contributed by atoms with Crippen molar-refractivity contribution in [1.29, 1.82) is 0 Å². The molecule has 248 valence electrons. The Bertz CT molecular complexity index is 1530. The van der Waals surface area contributed by atoms with E-state index in [2.05, 4.69) is 16.8 Å². The van der Waals surface area contributed by atoms with Crippen LogP contribution >= 0.6 is 11.6 Å². The first-order valence-electron chi connectivity index (χ1n) is 15.4. The van der Waals surface area contributed by atoms with Gasteiger partial charge in [-0.15, -0.1) is 0 Å². The normalized spacial score (nSPS) is 18.5. The van der Waals surface area contributed by atoms with Gasteiger partial charge in [-0.1, -0.05) is 30.2 Å². The molecule has 2 saturated heterocycles. The highest BCUT2D eigenvalue weighted by molar-refractivity contribution is 6.31. The number of benzene rings is 1.